The summed E-state index contributed by atoms with van der Waals surface area (Å²) in [6.07, 6.45) is 0.933. The first-order valence-corrected chi connectivity index (χ1v) is 5.64. The summed E-state index contributed by atoms with van der Waals surface area (Å²) in [6.45, 7) is 3.62. The van der Waals surface area contributed by atoms with Crippen molar-refractivity contribution in [3.05, 3.63) is 24.0 Å². The predicted octanol–water partition coefficient (Wildman–Crippen LogP) is 1.52. The van der Waals surface area contributed by atoms with Crippen LogP contribution in [0.2, 0.25) is 0 Å². The van der Waals surface area contributed by atoms with Gasteiger partial charge in [0.2, 0.25) is 0 Å². The van der Waals surface area contributed by atoms with Gasteiger partial charge in [0.25, 0.3) is 0 Å². The Morgan fingerprint density at radius 3 is 2.94 bits per heavy atom. The minimum absolute atomic E-state index is 0.664. The van der Waals surface area contributed by atoms with Crippen LogP contribution in [0.15, 0.2) is 18.2 Å². The highest BCUT2D eigenvalue weighted by molar-refractivity contribution is 5.79. The standard InChI is InChI=1S/C12H18N4/c1-3-12-14-10-5-4-9(8-11(10)15-12)16(2)7-6-13/h4-5,8H,3,6-7,13H2,1-2H3,(H,14,15). The van der Waals surface area contributed by atoms with Gasteiger partial charge in [-0.1, -0.05) is 6.92 Å². The van der Waals surface area contributed by atoms with Gasteiger partial charge in [0.05, 0.1) is 11.0 Å². The number of aromatic amines is 1. The van der Waals surface area contributed by atoms with Gasteiger partial charge in [-0.05, 0) is 18.2 Å². The molecule has 1 aromatic heterocycles. The Morgan fingerprint density at radius 1 is 1.44 bits per heavy atom. The Hall–Kier alpha value is -1.55. The van der Waals surface area contributed by atoms with Crippen LogP contribution in [-0.4, -0.2) is 30.1 Å². The Kier molecular flexibility index (Phi) is 3.10. The number of rotatable bonds is 4. The zero-order valence-corrected chi connectivity index (χ0v) is 9.83. The second-order valence-electron chi connectivity index (χ2n) is 3.95. The highest BCUT2D eigenvalue weighted by atomic mass is 15.1. The highest BCUT2D eigenvalue weighted by Gasteiger charge is 2.04. The van der Waals surface area contributed by atoms with E-state index in [1.807, 2.05) is 13.1 Å². The van der Waals surface area contributed by atoms with E-state index in [1.165, 1.54) is 5.69 Å². The predicted molar refractivity (Wildman–Crippen MR) is 67.8 cm³/mol. The van der Waals surface area contributed by atoms with Gasteiger partial charge < -0.3 is 15.6 Å². The maximum absolute atomic E-state index is 5.54. The van der Waals surface area contributed by atoms with Crippen LogP contribution in [-0.2, 0) is 6.42 Å². The van der Waals surface area contributed by atoms with Crippen LogP contribution in [0.4, 0.5) is 5.69 Å². The number of anilines is 1. The van der Waals surface area contributed by atoms with Crippen LogP contribution in [0, 0.1) is 0 Å². The molecule has 0 radical (unpaired) electrons. The number of H-pyrrole nitrogens is 1. The summed E-state index contributed by atoms with van der Waals surface area (Å²) in [5.74, 6) is 1.04. The fourth-order valence-corrected chi connectivity index (χ4v) is 1.78. The molecular formula is C12H18N4. The molecule has 0 aliphatic carbocycles. The van der Waals surface area contributed by atoms with Crippen molar-refractivity contribution in [1.29, 1.82) is 0 Å². The molecule has 4 nitrogen and oxygen atoms in total. The molecule has 2 rings (SSSR count). The quantitative estimate of drug-likeness (QED) is 0.818. The van der Waals surface area contributed by atoms with Gasteiger partial charge in [-0.3, -0.25) is 0 Å². The topological polar surface area (TPSA) is 57.9 Å². The minimum Gasteiger partial charge on any atom is -0.373 e. The number of aromatic nitrogens is 2. The summed E-state index contributed by atoms with van der Waals surface area (Å²) >= 11 is 0. The van der Waals surface area contributed by atoms with Crippen molar-refractivity contribution in [3.63, 3.8) is 0 Å². The van der Waals surface area contributed by atoms with E-state index in [1.54, 1.807) is 0 Å². The maximum atomic E-state index is 5.54. The summed E-state index contributed by atoms with van der Waals surface area (Å²) in [5, 5.41) is 0. The van der Waals surface area contributed by atoms with E-state index in [9.17, 15) is 0 Å². The molecule has 86 valence electrons. The lowest BCUT2D eigenvalue weighted by Gasteiger charge is -2.17. The van der Waals surface area contributed by atoms with Gasteiger partial charge in [-0.2, -0.15) is 0 Å². The van der Waals surface area contributed by atoms with Gasteiger partial charge in [-0.25, -0.2) is 4.98 Å². The lowest BCUT2D eigenvalue weighted by Crippen LogP contribution is -2.24. The zero-order chi connectivity index (χ0) is 11.5. The van der Waals surface area contributed by atoms with E-state index in [-0.39, 0.29) is 0 Å². The van der Waals surface area contributed by atoms with E-state index in [4.69, 9.17) is 5.73 Å². The lowest BCUT2D eigenvalue weighted by atomic mass is 10.2. The molecule has 0 amide bonds. The van der Waals surface area contributed by atoms with E-state index in [2.05, 4.69) is 33.9 Å². The molecule has 0 aliphatic rings. The fraction of sp³-hybridized carbons (Fsp3) is 0.417. The summed E-state index contributed by atoms with van der Waals surface area (Å²) in [5.41, 5.74) is 8.84. The molecule has 0 spiro atoms. The number of hydrogen-bond donors (Lipinski definition) is 2. The maximum Gasteiger partial charge on any atom is 0.106 e. The molecule has 0 saturated heterocycles. The summed E-state index contributed by atoms with van der Waals surface area (Å²) in [7, 11) is 2.05. The Bertz CT molecular complexity index is 475. The van der Waals surface area contributed by atoms with Crippen LogP contribution < -0.4 is 10.6 Å². The van der Waals surface area contributed by atoms with E-state index < -0.39 is 0 Å². The molecule has 2 aromatic rings. The van der Waals surface area contributed by atoms with Crippen molar-refractivity contribution in [3.8, 4) is 0 Å². The number of likely N-dealkylation sites (N-methyl/N-ethyl adjacent to an activating group) is 1. The summed E-state index contributed by atoms with van der Waals surface area (Å²) in [6, 6.07) is 6.25. The Balaban J connectivity index is 2.35. The third-order valence-electron chi connectivity index (χ3n) is 2.75. The molecule has 0 atom stereocenters. The molecular weight excluding hydrogens is 200 g/mol. The average Bonchev–Trinajstić information content (AvgIpc) is 2.70. The summed E-state index contributed by atoms with van der Waals surface area (Å²) in [4.78, 5) is 9.94. The van der Waals surface area contributed by atoms with E-state index in [0.29, 0.717) is 6.54 Å². The van der Waals surface area contributed by atoms with Gasteiger partial charge in [0.1, 0.15) is 5.82 Å². The number of nitrogens with one attached hydrogen (secondary N) is 1. The number of nitrogens with zero attached hydrogens (tertiary/aromatic N) is 2. The number of hydrogen-bond acceptors (Lipinski definition) is 3. The van der Waals surface area contributed by atoms with Gasteiger partial charge in [0.15, 0.2) is 0 Å². The van der Waals surface area contributed by atoms with Gasteiger partial charge in [0, 0.05) is 32.2 Å². The molecule has 0 fully saturated rings. The van der Waals surface area contributed by atoms with Crippen LogP contribution in [0.5, 0.6) is 0 Å². The molecule has 3 N–H and O–H groups in total. The van der Waals surface area contributed by atoms with Crippen molar-refractivity contribution < 1.29 is 0 Å². The first-order chi connectivity index (χ1) is 7.74. The number of imidazole rings is 1. The molecule has 0 unspecified atom stereocenters. The molecule has 1 heterocycles. The number of benzene rings is 1. The first-order valence-electron chi connectivity index (χ1n) is 5.64. The van der Waals surface area contributed by atoms with Crippen molar-refractivity contribution in [2.75, 3.05) is 25.0 Å². The fourth-order valence-electron chi connectivity index (χ4n) is 1.78. The zero-order valence-electron chi connectivity index (χ0n) is 9.83. The Labute approximate surface area is 95.5 Å². The third-order valence-corrected chi connectivity index (χ3v) is 2.75. The number of nitrogens with two attached hydrogens (primary N) is 1. The lowest BCUT2D eigenvalue weighted by molar-refractivity contribution is 0.886. The van der Waals surface area contributed by atoms with Crippen molar-refractivity contribution >= 4 is 16.7 Å². The normalized spacial score (nSPS) is 10.9. The third kappa shape index (κ3) is 2.02. The van der Waals surface area contributed by atoms with Gasteiger partial charge in [-0.15, -0.1) is 0 Å². The minimum atomic E-state index is 0.664. The van der Waals surface area contributed by atoms with Crippen LogP contribution in [0.1, 0.15) is 12.7 Å². The second-order valence-corrected chi connectivity index (χ2v) is 3.95. The molecule has 4 heteroatoms. The molecule has 0 bridgehead atoms. The summed E-state index contributed by atoms with van der Waals surface area (Å²) < 4.78 is 0. The molecule has 16 heavy (non-hydrogen) atoms. The van der Waals surface area contributed by atoms with Crippen LogP contribution >= 0.6 is 0 Å². The van der Waals surface area contributed by atoms with E-state index in [0.717, 1.165) is 29.8 Å². The van der Waals surface area contributed by atoms with E-state index >= 15 is 0 Å². The van der Waals surface area contributed by atoms with Crippen LogP contribution in [0.25, 0.3) is 11.0 Å². The van der Waals surface area contributed by atoms with Crippen molar-refractivity contribution in [1.82, 2.24) is 9.97 Å². The number of aryl methyl sites for hydroxylation is 1. The van der Waals surface area contributed by atoms with Crippen molar-refractivity contribution in [2.24, 2.45) is 5.73 Å². The SMILES string of the molecule is CCc1nc2ccc(N(C)CCN)cc2[nH]1. The second kappa shape index (κ2) is 4.53. The van der Waals surface area contributed by atoms with Crippen LogP contribution in [0.3, 0.4) is 0 Å². The molecule has 0 aliphatic heterocycles. The molecule has 1 aromatic carbocycles. The monoisotopic (exact) mass is 218 g/mol. The smallest absolute Gasteiger partial charge is 0.106 e. The first kappa shape index (κ1) is 11.0. The highest BCUT2D eigenvalue weighted by Crippen LogP contribution is 2.19. The number of fused-ring (bicyclic) bond motifs is 1. The largest absolute Gasteiger partial charge is 0.373 e. The average molecular weight is 218 g/mol. The Morgan fingerprint density at radius 2 is 2.25 bits per heavy atom. The van der Waals surface area contributed by atoms with Crippen molar-refractivity contribution in [2.45, 2.75) is 13.3 Å². The van der Waals surface area contributed by atoms with Gasteiger partial charge >= 0.3 is 0 Å². The molecule has 0 saturated carbocycles.